The van der Waals surface area contributed by atoms with Crippen LogP contribution in [-0.2, 0) is 14.3 Å². The maximum absolute atomic E-state index is 11.5. The van der Waals surface area contributed by atoms with Crippen LogP contribution in [0.1, 0.15) is 11.6 Å². The summed E-state index contributed by atoms with van der Waals surface area (Å²) in [6.07, 6.45) is 0. The minimum absolute atomic E-state index is 0.393. The van der Waals surface area contributed by atoms with Crippen LogP contribution in [0.3, 0.4) is 0 Å². The van der Waals surface area contributed by atoms with E-state index in [9.17, 15) is 9.59 Å². The summed E-state index contributed by atoms with van der Waals surface area (Å²) >= 11 is 0. The van der Waals surface area contributed by atoms with Crippen molar-refractivity contribution in [3.63, 3.8) is 0 Å². The number of morpholine rings is 1. The molecule has 2 rings (SSSR count). The van der Waals surface area contributed by atoms with Gasteiger partial charge in [0.05, 0.1) is 6.61 Å². The first-order valence-electron chi connectivity index (χ1n) is 4.90. The minimum Gasteiger partial charge on any atom is -0.394 e. The molecular weight excluding hydrogens is 210 g/mol. The van der Waals surface area contributed by atoms with Crippen molar-refractivity contribution in [3.05, 3.63) is 35.9 Å². The molecular formula is C11H11NO4. The number of hydrogen-bond donors (Lipinski definition) is 2. The van der Waals surface area contributed by atoms with E-state index in [1.54, 1.807) is 24.3 Å². The molecule has 0 spiro atoms. The molecule has 1 unspecified atom stereocenters. The molecule has 0 aliphatic carbocycles. The number of benzene rings is 1. The molecule has 1 heterocycles. The molecule has 0 bridgehead atoms. The van der Waals surface area contributed by atoms with Crippen molar-refractivity contribution in [1.82, 2.24) is 5.32 Å². The Morgan fingerprint density at radius 1 is 1.19 bits per heavy atom. The molecule has 1 aromatic rings. The van der Waals surface area contributed by atoms with E-state index >= 15 is 0 Å². The van der Waals surface area contributed by atoms with Crippen molar-refractivity contribution >= 4 is 11.9 Å². The lowest BCUT2D eigenvalue weighted by molar-refractivity contribution is -0.168. The molecule has 0 amide bonds. The van der Waals surface area contributed by atoms with E-state index < -0.39 is 30.6 Å². The van der Waals surface area contributed by atoms with Gasteiger partial charge in [0, 0.05) is 0 Å². The summed E-state index contributed by atoms with van der Waals surface area (Å²) < 4.78 is 4.56. The normalized spacial score (nSPS) is 25.3. The molecule has 0 saturated carbocycles. The number of rotatable bonds is 2. The van der Waals surface area contributed by atoms with Gasteiger partial charge in [-0.1, -0.05) is 30.3 Å². The molecule has 16 heavy (non-hydrogen) atoms. The average Bonchev–Trinajstić information content (AvgIpc) is 2.30. The van der Waals surface area contributed by atoms with E-state index in [0.717, 1.165) is 0 Å². The van der Waals surface area contributed by atoms with Crippen molar-refractivity contribution in [2.75, 3.05) is 6.61 Å². The van der Waals surface area contributed by atoms with Gasteiger partial charge in [-0.15, -0.1) is 0 Å². The van der Waals surface area contributed by atoms with Gasteiger partial charge in [-0.25, -0.2) is 9.59 Å². The molecule has 1 aliphatic rings. The monoisotopic (exact) mass is 221 g/mol. The Morgan fingerprint density at radius 3 is 2.50 bits per heavy atom. The van der Waals surface area contributed by atoms with Crippen LogP contribution in [0, 0.1) is 0 Å². The van der Waals surface area contributed by atoms with Crippen LogP contribution < -0.4 is 5.32 Å². The summed E-state index contributed by atoms with van der Waals surface area (Å²) in [5.41, 5.74) is 0.707. The fraction of sp³-hybridized carbons (Fsp3) is 0.273. The summed E-state index contributed by atoms with van der Waals surface area (Å²) in [6, 6.07) is 7.36. The molecule has 5 heteroatoms. The zero-order chi connectivity index (χ0) is 11.5. The Morgan fingerprint density at radius 2 is 1.88 bits per heavy atom. The summed E-state index contributed by atoms with van der Waals surface area (Å²) in [5, 5.41) is 11.7. The Bertz CT molecular complexity index is 404. The van der Waals surface area contributed by atoms with Gasteiger partial charge in [-0.3, -0.25) is 5.32 Å². The van der Waals surface area contributed by atoms with Gasteiger partial charge < -0.3 is 9.84 Å². The first-order valence-corrected chi connectivity index (χ1v) is 4.90. The van der Waals surface area contributed by atoms with Crippen molar-refractivity contribution in [2.24, 2.45) is 0 Å². The van der Waals surface area contributed by atoms with Crippen LogP contribution in [-0.4, -0.2) is 29.7 Å². The Hall–Kier alpha value is -1.72. The second-order valence-electron chi connectivity index (χ2n) is 3.49. The molecule has 84 valence electrons. The van der Waals surface area contributed by atoms with Crippen LogP contribution in [0.15, 0.2) is 30.3 Å². The lowest BCUT2D eigenvalue weighted by Gasteiger charge is -2.27. The number of cyclic esters (lactones) is 2. The van der Waals surface area contributed by atoms with E-state index in [1.807, 2.05) is 6.07 Å². The second kappa shape index (κ2) is 4.42. The Labute approximate surface area is 92.0 Å². The zero-order valence-corrected chi connectivity index (χ0v) is 8.42. The summed E-state index contributed by atoms with van der Waals surface area (Å²) in [6.45, 7) is -0.393. The maximum atomic E-state index is 11.5. The highest BCUT2D eigenvalue weighted by molar-refractivity contribution is 5.94. The highest BCUT2D eigenvalue weighted by atomic mass is 16.6. The fourth-order valence-electron chi connectivity index (χ4n) is 1.57. The fourth-order valence-corrected chi connectivity index (χ4v) is 1.57. The Balaban J connectivity index is 2.22. The van der Waals surface area contributed by atoms with Crippen molar-refractivity contribution in [2.45, 2.75) is 12.1 Å². The number of aliphatic hydroxyl groups excluding tert-OH is 1. The van der Waals surface area contributed by atoms with Gasteiger partial charge in [-0.2, -0.15) is 0 Å². The summed E-state index contributed by atoms with van der Waals surface area (Å²) in [5.74, 6) is -1.37. The predicted octanol–water partition coefficient (Wildman–Crippen LogP) is -0.238. The van der Waals surface area contributed by atoms with Gasteiger partial charge in [0.15, 0.2) is 0 Å². The number of carbonyl (C=O) groups is 2. The summed E-state index contributed by atoms with van der Waals surface area (Å²) in [7, 11) is 0. The third-order valence-electron chi connectivity index (χ3n) is 2.40. The van der Waals surface area contributed by atoms with E-state index in [0.29, 0.717) is 5.56 Å². The largest absolute Gasteiger partial charge is 0.394 e. The zero-order valence-electron chi connectivity index (χ0n) is 8.42. The number of nitrogens with one attached hydrogen (secondary N) is 1. The van der Waals surface area contributed by atoms with Gasteiger partial charge in [0.25, 0.3) is 0 Å². The molecule has 1 aliphatic heterocycles. The standard InChI is InChI=1S/C11H11NO4/c13-6-8-10(14)16-11(15)9(12-8)7-4-2-1-3-5-7/h1-5,8-9,12-13H,6H2/t8-,9?/m0/s1. The second-order valence-corrected chi connectivity index (χ2v) is 3.49. The molecule has 2 atom stereocenters. The van der Waals surface area contributed by atoms with Crippen molar-refractivity contribution in [3.8, 4) is 0 Å². The average molecular weight is 221 g/mol. The minimum atomic E-state index is -0.845. The number of ether oxygens (including phenoxy) is 1. The number of carbonyl (C=O) groups excluding carboxylic acids is 2. The molecule has 5 nitrogen and oxygen atoms in total. The van der Waals surface area contributed by atoms with Gasteiger partial charge in [-0.05, 0) is 5.56 Å². The number of hydrogen-bond acceptors (Lipinski definition) is 5. The quantitative estimate of drug-likeness (QED) is 0.532. The van der Waals surface area contributed by atoms with Crippen LogP contribution in [0.4, 0.5) is 0 Å². The lowest BCUT2D eigenvalue weighted by atomic mass is 10.0. The predicted molar refractivity (Wildman–Crippen MR) is 54.3 cm³/mol. The first kappa shape index (κ1) is 10.8. The highest BCUT2D eigenvalue weighted by Gasteiger charge is 2.36. The topological polar surface area (TPSA) is 75.6 Å². The highest BCUT2D eigenvalue weighted by Crippen LogP contribution is 2.19. The summed E-state index contributed by atoms with van der Waals surface area (Å²) in [4.78, 5) is 22.6. The van der Waals surface area contributed by atoms with Crippen molar-refractivity contribution in [1.29, 1.82) is 0 Å². The molecule has 1 aromatic carbocycles. The Kier molecular flexibility index (Phi) is 2.98. The first-order chi connectivity index (χ1) is 7.72. The molecule has 1 fully saturated rings. The van der Waals surface area contributed by atoms with Gasteiger partial charge >= 0.3 is 11.9 Å². The van der Waals surface area contributed by atoms with E-state index in [-0.39, 0.29) is 0 Å². The van der Waals surface area contributed by atoms with Crippen LogP contribution in [0.2, 0.25) is 0 Å². The van der Waals surface area contributed by atoms with Crippen LogP contribution in [0.25, 0.3) is 0 Å². The van der Waals surface area contributed by atoms with E-state index in [4.69, 9.17) is 5.11 Å². The third kappa shape index (κ3) is 1.95. The van der Waals surface area contributed by atoms with Crippen molar-refractivity contribution < 1.29 is 19.4 Å². The van der Waals surface area contributed by atoms with Gasteiger partial charge in [0.1, 0.15) is 12.1 Å². The van der Waals surface area contributed by atoms with Crippen LogP contribution >= 0.6 is 0 Å². The molecule has 0 aromatic heterocycles. The van der Waals surface area contributed by atoms with E-state index in [1.165, 1.54) is 0 Å². The maximum Gasteiger partial charge on any atom is 0.335 e. The molecule has 2 N–H and O–H groups in total. The van der Waals surface area contributed by atoms with Gasteiger partial charge in [0.2, 0.25) is 0 Å². The number of esters is 2. The van der Waals surface area contributed by atoms with Crippen LogP contribution in [0.5, 0.6) is 0 Å². The molecule has 0 radical (unpaired) electrons. The van der Waals surface area contributed by atoms with E-state index in [2.05, 4.69) is 10.1 Å². The molecule has 1 saturated heterocycles. The number of aliphatic hydroxyl groups is 1. The SMILES string of the molecule is O=C1OC(=O)[C@H](CO)NC1c1ccccc1. The smallest absolute Gasteiger partial charge is 0.335 e. The third-order valence-corrected chi connectivity index (χ3v) is 2.40. The lowest BCUT2D eigenvalue weighted by Crippen LogP contribution is -2.51.